The Bertz CT molecular complexity index is 908. The molecule has 0 saturated carbocycles. The van der Waals surface area contributed by atoms with E-state index in [1.807, 2.05) is 19.1 Å². The zero-order valence-corrected chi connectivity index (χ0v) is 14.2. The number of hydrogen-bond donors (Lipinski definition) is 0. The molecule has 5 heteroatoms. The van der Waals surface area contributed by atoms with Gasteiger partial charge >= 0.3 is 0 Å². The summed E-state index contributed by atoms with van der Waals surface area (Å²) in [5, 5.41) is 0. The van der Waals surface area contributed by atoms with E-state index in [1.165, 1.54) is 18.4 Å². The lowest BCUT2D eigenvalue weighted by atomic mass is 9.93. The summed E-state index contributed by atoms with van der Waals surface area (Å²) in [4.78, 5) is 0.265. The Morgan fingerprint density at radius 3 is 2.17 bits per heavy atom. The van der Waals surface area contributed by atoms with E-state index >= 15 is 0 Å². The molecule has 24 heavy (non-hydrogen) atoms. The van der Waals surface area contributed by atoms with Crippen LogP contribution in [0.3, 0.4) is 0 Å². The van der Waals surface area contributed by atoms with Crippen molar-refractivity contribution in [1.82, 2.24) is 0 Å². The van der Waals surface area contributed by atoms with Crippen LogP contribution in [0.15, 0.2) is 71.3 Å². The minimum atomic E-state index is -3.24. The Balaban J connectivity index is 2.00. The van der Waals surface area contributed by atoms with Crippen molar-refractivity contribution in [3.63, 3.8) is 0 Å². The van der Waals surface area contributed by atoms with Gasteiger partial charge in [0.2, 0.25) is 0 Å². The van der Waals surface area contributed by atoms with Crippen LogP contribution in [0.2, 0.25) is 0 Å². The Labute approximate surface area is 141 Å². The highest BCUT2D eigenvalue weighted by molar-refractivity contribution is 7.90. The maximum Gasteiger partial charge on any atom is 0.175 e. The van der Waals surface area contributed by atoms with Crippen LogP contribution >= 0.6 is 0 Å². The van der Waals surface area contributed by atoms with Gasteiger partial charge in [-0.2, -0.15) is 0 Å². The van der Waals surface area contributed by atoms with E-state index in [1.54, 1.807) is 36.4 Å². The fourth-order valence-electron chi connectivity index (χ4n) is 2.61. The van der Waals surface area contributed by atoms with Crippen LogP contribution in [0.25, 0.3) is 5.57 Å². The summed E-state index contributed by atoms with van der Waals surface area (Å²) in [6.45, 7) is 1.86. The molecule has 0 amide bonds. The summed E-state index contributed by atoms with van der Waals surface area (Å²) in [6, 6.07) is 12.9. The molecule has 1 unspecified atom stereocenters. The zero-order chi connectivity index (χ0) is 17.3. The minimum Gasteiger partial charge on any atom is -0.486 e. The maximum absolute atomic E-state index is 13.2. The van der Waals surface area contributed by atoms with Gasteiger partial charge in [0.15, 0.2) is 9.84 Å². The second-order valence-corrected chi connectivity index (χ2v) is 7.76. The summed E-state index contributed by atoms with van der Waals surface area (Å²) in [7, 11) is -3.24. The molecule has 1 aliphatic rings. The van der Waals surface area contributed by atoms with Crippen molar-refractivity contribution in [1.29, 1.82) is 0 Å². The van der Waals surface area contributed by atoms with E-state index in [-0.39, 0.29) is 16.8 Å². The maximum atomic E-state index is 13.2. The SMILES string of the molecule is CC1=CC=C(c2ccc(F)cc2)C(c2ccc(S(C)(=O)=O)cc2)O1. The van der Waals surface area contributed by atoms with Crippen molar-refractivity contribution in [2.45, 2.75) is 17.9 Å². The first-order chi connectivity index (χ1) is 11.3. The fraction of sp³-hybridized carbons (Fsp3) is 0.158. The lowest BCUT2D eigenvalue weighted by Gasteiger charge is -2.26. The molecule has 0 spiro atoms. The van der Waals surface area contributed by atoms with Gasteiger partial charge in [-0.3, -0.25) is 0 Å². The molecule has 2 aromatic rings. The smallest absolute Gasteiger partial charge is 0.175 e. The fourth-order valence-corrected chi connectivity index (χ4v) is 3.24. The predicted molar refractivity (Wildman–Crippen MR) is 91.5 cm³/mol. The molecular formula is C19H17FO3S. The van der Waals surface area contributed by atoms with Gasteiger partial charge in [0.25, 0.3) is 0 Å². The average molecular weight is 344 g/mol. The predicted octanol–water partition coefficient (Wildman–Crippen LogP) is 4.29. The number of sulfone groups is 1. The molecule has 3 rings (SSSR count). The summed E-state index contributed by atoms with van der Waals surface area (Å²) in [6.07, 6.45) is 4.62. The van der Waals surface area contributed by atoms with Gasteiger partial charge in [-0.25, -0.2) is 12.8 Å². The molecule has 124 valence electrons. The Morgan fingerprint density at radius 1 is 0.958 bits per heavy atom. The largest absolute Gasteiger partial charge is 0.486 e. The number of benzene rings is 2. The molecule has 0 N–H and O–H groups in total. The minimum absolute atomic E-state index is 0.265. The van der Waals surface area contributed by atoms with E-state index in [2.05, 4.69) is 0 Å². The van der Waals surface area contributed by atoms with Crippen LogP contribution in [0.5, 0.6) is 0 Å². The molecule has 0 aliphatic carbocycles. The Morgan fingerprint density at radius 2 is 1.58 bits per heavy atom. The number of halogens is 1. The summed E-state index contributed by atoms with van der Waals surface area (Å²) in [5.41, 5.74) is 2.59. The molecule has 0 bridgehead atoms. The van der Waals surface area contributed by atoms with Gasteiger partial charge in [-0.1, -0.05) is 30.3 Å². The quantitative estimate of drug-likeness (QED) is 0.834. The van der Waals surface area contributed by atoms with Crippen LogP contribution in [0.4, 0.5) is 4.39 Å². The molecule has 1 atom stereocenters. The van der Waals surface area contributed by atoms with Crippen LogP contribution in [0.1, 0.15) is 24.2 Å². The van der Waals surface area contributed by atoms with E-state index in [9.17, 15) is 12.8 Å². The Hall–Kier alpha value is -2.40. The number of hydrogen-bond acceptors (Lipinski definition) is 3. The van der Waals surface area contributed by atoms with Crippen molar-refractivity contribution in [3.05, 3.63) is 83.4 Å². The van der Waals surface area contributed by atoms with E-state index < -0.39 is 9.84 Å². The third kappa shape index (κ3) is 3.41. The zero-order valence-electron chi connectivity index (χ0n) is 13.4. The van der Waals surface area contributed by atoms with Gasteiger partial charge < -0.3 is 4.74 Å². The van der Waals surface area contributed by atoms with E-state index in [0.717, 1.165) is 22.5 Å². The van der Waals surface area contributed by atoms with Crippen molar-refractivity contribution in [2.24, 2.45) is 0 Å². The first-order valence-electron chi connectivity index (χ1n) is 7.46. The number of rotatable bonds is 3. The first kappa shape index (κ1) is 16.5. The first-order valence-corrected chi connectivity index (χ1v) is 9.35. The summed E-state index contributed by atoms with van der Waals surface area (Å²) < 4.78 is 42.3. The average Bonchev–Trinajstić information content (AvgIpc) is 2.55. The highest BCUT2D eigenvalue weighted by atomic mass is 32.2. The molecule has 0 saturated heterocycles. The van der Waals surface area contributed by atoms with Crippen molar-refractivity contribution >= 4 is 15.4 Å². The molecule has 1 aliphatic heterocycles. The Kier molecular flexibility index (Phi) is 4.28. The van der Waals surface area contributed by atoms with E-state index in [0.29, 0.717) is 0 Å². The van der Waals surface area contributed by atoms with Gasteiger partial charge in [-0.05, 0) is 48.4 Å². The molecule has 0 fully saturated rings. The normalized spacial score (nSPS) is 17.7. The lowest BCUT2D eigenvalue weighted by molar-refractivity contribution is 0.162. The number of ether oxygens (including phenoxy) is 1. The van der Waals surface area contributed by atoms with E-state index in [4.69, 9.17) is 4.74 Å². The second-order valence-electron chi connectivity index (χ2n) is 5.75. The van der Waals surface area contributed by atoms with Crippen molar-refractivity contribution in [3.8, 4) is 0 Å². The highest BCUT2D eigenvalue weighted by Crippen LogP contribution is 2.38. The molecule has 1 heterocycles. The van der Waals surface area contributed by atoms with Gasteiger partial charge in [0.05, 0.1) is 10.7 Å². The lowest BCUT2D eigenvalue weighted by Crippen LogP contribution is -2.10. The van der Waals surface area contributed by atoms with Crippen molar-refractivity contribution in [2.75, 3.05) is 6.26 Å². The molecular weight excluding hydrogens is 327 g/mol. The molecule has 0 radical (unpaired) electrons. The number of allylic oxidation sites excluding steroid dienone is 3. The van der Waals surface area contributed by atoms with Crippen molar-refractivity contribution < 1.29 is 17.5 Å². The summed E-state index contributed by atoms with van der Waals surface area (Å²) >= 11 is 0. The van der Waals surface area contributed by atoms with Crippen LogP contribution < -0.4 is 0 Å². The van der Waals surface area contributed by atoms with Crippen LogP contribution in [-0.2, 0) is 14.6 Å². The van der Waals surface area contributed by atoms with Gasteiger partial charge in [0.1, 0.15) is 11.9 Å². The molecule has 3 nitrogen and oxygen atoms in total. The third-order valence-corrected chi connectivity index (χ3v) is 5.00. The van der Waals surface area contributed by atoms with Crippen LogP contribution in [-0.4, -0.2) is 14.7 Å². The third-order valence-electron chi connectivity index (χ3n) is 3.87. The summed E-state index contributed by atoms with van der Waals surface area (Å²) in [5.74, 6) is 0.468. The highest BCUT2D eigenvalue weighted by Gasteiger charge is 2.23. The monoisotopic (exact) mass is 344 g/mol. The standard InChI is InChI=1S/C19H17FO3S/c1-13-3-12-18(14-4-8-16(20)9-5-14)19(23-13)15-6-10-17(11-7-15)24(2,21)22/h3-12,19H,1-2H3. The molecule has 0 aromatic heterocycles. The van der Waals surface area contributed by atoms with Crippen LogP contribution in [0, 0.1) is 5.82 Å². The topological polar surface area (TPSA) is 43.4 Å². The van der Waals surface area contributed by atoms with Gasteiger partial charge in [0, 0.05) is 11.8 Å². The van der Waals surface area contributed by atoms with Gasteiger partial charge in [-0.15, -0.1) is 0 Å². The second kappa shape index (κ2) is 6.24. The molecule has 2 aromatic carbocycles.